The van der Waals surface area contributed by atoms with Gasteiger partial charge in [0, 0.05) is 36.6 Å². The highest BCUT2D eigenvalue weighted by molar-refractivity contribution is 6.30. The highest BCUT2D eigenvalue weighted by atomic mass is 35.5. The maximum atomic E-state index is 12.1. The second-order valence-electron chi connectivity index (χ2n) is 5.96. The summed E-state index contributed by atoms with van der Waals surface area (Å²) in [7, 11) is 1.77. The summed E-state index contributed by atoms with van der Waals surface area (Å²) in [5.41, 5.74) is 1.97. The topological polar surface area (TPSA) is 58.6 Å². The molecule has 130 valence electrons. The van der Waals surface area contributed by atoms with Crippen LogP contribution in [0.1, 0.15) is 17.9 Å². The van der Waals surface area contributed by atoms with Crippen molar-refractivity contribution in [3.8, 4) is 5.75 Å². The minimum Gasteiger partial charge on any atom is -0.484 e. The molecule has 1 aliphatic rings. The van der Waals surface area contributed by atoms with E-state index in [-0.39, 0.29) is 24.3 Å². The molecule has 0 radical (unpaired) electrons. The molecule has 1 unspecified atom stereocenters. The molecule has 3 rings (SSSR count). The highest BCUT2D eigenvalue weighted by Gasteiger charge is 2.28. The van der Waals surface area contributed by atoms with Crippen LogP contribution < -0.4 is 15.0 Å². The van der Waals surface area contributed by atoms with E-state index in [9.17, 15) is 9.59 Å². The fourth-order valence-corrected chi connectivity index (χ4v) is 3.09. The monoisotopic (exact) mass is 358 g/mol. The zero-order chi connectivity index (χ0) is 17.8. The molecule has 0 aromatic heterocycles. The zero-order valence-electron chi connectivity index (χ0n) is 13.9. The third-order valence-electron chi connectivity index (χ3n) is 4.24. The average molecular weight is 359 g/mol. The van der Waals surface area contributed by atoms with E-state index in [1.165, 1.54) is 0 Å². The minimum absolute atomic E-state index is 0.0324. The molecule has 1 heterocycles. The fraction of sp³-hybridized carbons (Fsp3) is 0.263. The summed E-state index contributed by atoms with van der Waals surface area (Å²) >= 11 is 5.88. The van der Waals surface area contributed by atoms with Crippen LogP contribution in [0.4, 0.5) is 5.69 Å². The Morgan fingerprint density at radius 3 is 2.88 bits per heavy atom. The number of ether oxygens (including phenoxy) is 1. The number of carbonyl (C=O) groups excluding carboxylic acids is 2. The molecule has 25 heavy (non-hydrogen) atoms. The lowest BCUT2D eigenvalue weighted by molar-refractivity contribution is -0.124. The number of anilines is 1. The molecule has 0 fully saturated rings. The third-order valence-corrected chi connectivity index (χ3v) is 4.48. The van der Waals surface area contributed by atoms with Gasteiger partial charge < -0.3 is 15.0 Å². The number of amides is 2. The minimum atomic E-state index is -0.233. The van der Waals surface area contributed by atoms with E-state index >= 15 is 0 Å². The van der Waals surface area contributed by atoms with Crippen molar-refractivity contribution in [1.29, 1.82) is 0 Å². The molecule has 6 heteroatoms. The van der Waals surface area contributed by atoms with Crippen molar-refractivity contribution in [2.24, 2.45) is 0 Å². The smallest absolute Gasteiger partial charge is 0.257 e. The molecule has 2 aromatic rings. The summed E-state index contributed by atoms with van der Waals surface area (Å²) in [6, 6.07) is 14.7. The number of halogens is 1. The van der Waals surface area contributed by atoms with Crippen molar-refractivity contribution in [2.75, 3.05) is 25.1 Å². The number of hydrogen-bond acceptors (Lipinski definition) is 3. The molecule has 0 saturated carbocycles. The van der Waals surface area contributed by atoms with Gasteiger partial charge in [-0.1, -0.05) is 35.9 Å². The normalized spacial score (nSPS) is 16.3. The predicted molar refractivity (Wildman–Crippen MR) is 97.2 cm³/mol. The van der Waals surface area contributed by atoms with Crippen molar-refractivity contribution < 1.29 is 14.3 Å². The molecule has 1 aliphatic heterocycles. The van der Waals surface area contributed by atoms with Crippen LogP contribution in [0.2, 0.25) is 5.02 Å². The number of hydrogen-bond donors (Lipinski definition) is 1. The van der Waals surface area contributed by atoms with Gasteiger partial charge in [-0.05, 0) is 29.8 Å². The van der Waals surface area contributed by atoms with E-state index < -0.39 is 0 Å². The van der Waals surface area contributed by atoms with Gasteiger partial charge in [-0.15, -0.1) is 0 Å². The molecule has 0 bridgehead atoms. The molecule has 1 atom stereocenters. The first-order valence-corrected chi connectivity index (χ1v) is 8.43. The maximum absolute atomic E-state index is 12.1. The van der Waals surface area contributed by atoms with Gasteiger partial charge >= 0.3 is 0 Å². The summed E-state index contributed by atoms with van der Waals surface area (Å²) in [5, 5.41) is 3.40. The summed E-state index contributed by atoms with van der Waals surface area (Å²) in [6.07, 6.45) is 0.378. The second kappa shape index (κ2) is 7.57. The predicted octanol–water partition coefficient (Wildman–Crippen LogP) is 2.99. The average Bonchev–Trinajstić information content (AvgIpc) is 2.62. The molecule has 5 nitrogen and oxygen atoms in total. The van der Waals surface area contributed by atoms with Crippen molar-refractivity contribution >= 4 is 29.1 Å². The van der Waals surface area contributed by atoms with Gasteiger partial charge in [-0.3, -0.25) is 9.59 Å². The van der Waals surface area contributed by atoms with E-state index in [1.54, 1.807) is 36.2 Å². The Labute approximate surface area is 151 Å². The zero-order valence-corrected chi connectivity index (χ0v) is 14.6. The Bertz CT molecular complexity index is 794. The Morgan fingerprint density at radius 1 is 1.28 bits per heavy atom. The van der Waals surface area contributed by atoms with Crippen LogP contribution in [0.15, 0.2) is 48.5 Å². The number of nitrogens with one attached hydrogen (secondary N) is 1. The third kappa shape index (κ3) is 4.12. The van der Waals surface area contributed by atoms with Crippen LogP contribution in [0.3, 0.4) is 0 Å². The molecule has 2 aromatic carbocycles. The first-order chi connectivity index (χ1) is 12.0. The largest absolute Gasteiger partial charge is 0.484 e. The SMILES string of the molecule is CN1C(=O)CC(CNC(=O)COc2cccc(Cl)c2)c2ccccc21. The van der Waals surface area contributed by atoms with Gasteiger partial charge in [0.2, 0.25) is 5.91 Å². The van der Waals surface area contributed by atoms with Crippen LogP contribution >= 0.6 is 11.6 Å². The summed E-state index contributed by atoms with van der Waals surface area (Å²) in [6.45, 7) is 0.302. The van der Waals surface area contributed by atoms with Gasteiger partial charge in [-0.25, -0.2) is 0 Å². The van der Waals surface area contributed by atoms with E-state index in [0.717, 1.165) is 11.3 Å². The van der Waals surface area contributed by atoms with Crippen molar-refractivity contribution in [2.45, 2.75) is 12.3 Å². The van der Waals surface area contributed by atoms with Crippen LogP contribution in [0.5, 0.6) is 5.75 Å². The van der Waals surface area contributed by atoms with Crippen molar-refractivity contribution in [3.05, 3.63) is 59.1 Å². The standard InChI is InChI=1S/C19H19ClN2O3/c1-22-17-8-3-2-7-16(17)13(9-19(22)24)11-21-18(23)12-25-15-6-4-5-14(20)10-15/h2-8,10,13H,9,11-12H2,1H3,(H,21,23). The number of nitrogens with zero attached hydrogens (tertiary/aromatic N) is 1. The van der Waals surface area contributed by atoms with E-state index in [1.807, 2.05) is 24.3 Å². The van der Waals surface area contributed by atoms with Crippen LogP contribution in [0, 0.1) is 0 Å². The van der Waals surface area contributed by atoms with E-state index in [4.69, 9.17) is 16.3 Å². The number of benzene rings is 2. The first-order valence-electron chi connectivity index (χ1n) is 8.05. The van der Waals surface area contributed by atoms with Gasteiger partial charge in [0.15, 0.2) is 6.61 Å². The molecule has 0 spiro atoms. The Hall–Kier alpha value is -2.53. The number of rotatable bonds is 5. The second-order valence-corrected chi connectivity index (χ2v) is 6.40. The van der Waals surface area contributed by atoms with Gasteiger partial charge in [-0.2, -0.15) is 0 Å². The van der Waals surface area contributed by atoms with Gasteiger partial charge in [0.05, 0.1) is 0 Å². The summed E-state index contributed by atoms with van der Waals surface area (Å²) in [5.74, 6) is 0.328. The summed E-state index contributed by atoms with van der Waals surface area (Å²) in [4.78, 5) is 25.8. The Balaban J connectivity index is 1.57. The quantitative estimate of drug-likeness (QED) is 0.893. The number of carbonyl (C=O) groups is 2. The van der Waals surface area contributed by atoms with Crippen LogP contribution in [-0.2, 0) is 9.59 Å². The van der Waals surface area contributed by atoms with Crippen LogP contribution in [-0.4, -0.2) is 32.0 Å². The number of fused-ring (bicyclic) bond motifs is 1. The summed E-state index contributed by atoms with van der Waals surface area (Å²) < 4.78 is 5.42. The molecule has 0 aliphatic carbocycles. The Kier molecular flexibility index (Phi) is 5.24. The first kappa shape index (κ1) is 17.3. The van der Waals surface area contributed by atoms with Crippen molar-refractivity contribution in [3.63, 3.8) is 0 Å². The fourth-order valence-electron chi connectivity index (χ4n) is 2.91. The molecule has 0 saturated heterocycles. The molecule has 2 amide bonds. The Morgan fingerprint density at radius 2 is 2.08 bits per heavy atom. The maximum Gasteiger partial charge on any atom is 0.257 e. The van der Waals surface area contributed by atoms with E-state index in [0.29, 0.717) is 23.7 Å². The number of para-hydroxylation sites is 1. The van der Waals surface area contributed by atoms with E-state index in [2.05, 4.69) is 5.32 Å². The van der Waals surface area contributed by atoms with Crippen molar-refractivity contribution in [1.82, 2.24) is 5.32 Å². The van der Waals surface area contributed by atoms with Gasteiger partial charge in [0.25, 0.3) is 5.91 Å². The lowest BCUT2D eigenvalue weighted by Gasteiger charge is -2.31. The van der Waals surface area contributed by atoms with Gasteiger partial charge in [0.1, 0.15) is 5.75 Å². The molecular weight excluding hydrogens is 340 g/mol. The highest BCUT2D eigenvalue weighted by Crippen LogP contribution is 2.34. The lowest BCUT2D eigenvalue weighted by atomic mass is 9.89. The van der Waals surface area contributed by atoms with Crippen LogP contribution in [0.25, 0.3) is 0 Å². The molecular formula is C19H19ClN2O3. The molecule has 1 N–H and O–H groups in total. The lowest BCUT2D eigenvalue weighted by Crippen LogP contribution is -2.38.